The molecular formula is C20H30N2O5. The zero-order valence-electron chi connectivity index (χ0n) is 16.4. The van der Waals surface area contributed by atoms with Crippen LogP contribution in [0.2, 0.25) is 0 Å². The number of likely N-dealkylation sites (tertiary alicyclic amines) is 1. The second-order valence-corrected chi connectivity index (χ2v) is 7.55. The molecule has 0 bridgehead atoms. The second-order valence-electron chi connectivity index (χ2n) is 7.55. The molecule has 2 amide bonds. The molecule has 7 nitrogen and oxygen atoms in total. The van der Waals surface area contributed by atoms with E-state index in [0.29, 0.717) is 32.7 Å². The molecular weight excluding hydrogens is 348 g/mol. The first-order chi connectivity index (χ1) is 12.8. The number of nitrogens with one attached hydrogen (secondary N) is 1. The Kier molecular flexibility index (Phi) is 7.91. The van der Waals surface area contributed by atoms with E-state index >= 15 is 0 Å². The first kappa shape index (κ1) is 21.0. The van der Waals surface area contributed by atoms with Crippen LogP contribution in [0.15, 0.2) is 30.3 Å². The summed E-state index contributed by atoms with van der Waals surface area (Å²) in [6.07, 6.45) is 0.761. The summed E-state index contributed by atoms with van der Waals surface area (Å²) in [5.41, 5.74) is 0.471. The van der Waals surface area contributed by atoms with Crippen molar-refractivity contribution in [1.29, 1.82) is 0 Å². The number of carbonyl (C=O) groups excluding carboxylic acids is 2. The zero-order valence-corrected chi connectivity index (χ0v) is 16.4. The molecule has 0 unspecified atom stereocenters. The SMILES string of the molecule is CC(C)(C)OC(=O)NCCCO[C@@H]1CCN(C(=O)OCc2ccccc2)C1. The third-order valence-electron chi connectivity index (χ3n) is 3.95. The molecule has 1 N–H and O–H groups in total. The molecule has 1 aromatic rings. The van der Waals surface area contributed by atoms with Gasteiger partial charge in [-0.2, -0.15) is 0 Å². The average Bonchev–Trinajstić information content (AvgIpc) is 3.08. The fraction of sp³-hybridized carbons (Fsp3) is 0.600. The van der Waals surface area contributed by atoms with Crippen LogP contribution in [-0.4, -0.2) is 55.0 Å². The molecule has 1 saturated heterocycles. The summed E-state index contributed by atoms with van der Waals surface area (Å²) in [5.74, 6) is 0. The van der Waals surface area contributed by atoms with E-state index < -0.39 is 11.7 Å². The Morgan fingerprint density at radius 3 is 2.67 bits per heavy atom. The van der Waals surface area contributed by atoms with Crippen LogP contribution in [0.25, 0.3) is 0 Å². The molecule has 7 heteroatoms. The number of benzene rings is 1. The number of hydrogen-bond donors (Lipinski definition) is 1. The molecule has 1 aliphatic heterocycles. The monoisotopic (exact) mass is 378 g/mol. The van der Waals surface area contributed by atoms with Gasteiger partial charge in [-0.05, 0) is 39.2 Å². The number of amides is 2. The van der Waals surface area contributed by atoms with Gasteiger partial charge >= 0.3 is 12.2 Å². The molecule has 2 rings (SSSR count). The van der Waals surface area contributed by atoms with E-state index in [1.165, 1.54) is 0 Å². The van der Waals surface area contributed by atoms with Crippen molar-refractivity contribution in [3.63, 3.8) is 0 Å². The molecule has 0 aromatic heterocycles. The molecule has 1 heterocycles. The van der Waals surface area contributed by atoms with Crippen LogP contribution >= 0.6 is 0 Å². The van der Waals surface area contributed by atoms with Crippen molar-refractivity contribution in [2.24, 2.45) is 0 Å². The predicted molar refractivity (Wildman–Crippen MR) is 101 cm³/mol. The Balaban J connectivity index is 1.55. The van der Waals surface area contributed by atoms with E-state index in [9.17, 15) is 9.59 Å². The highest BCUT2D eigenvalue weighted by atomic mass is 16.6. The minimum Gasteiger partial charge on any atom is -0.445 e. The van der Waals surface area contributed by atoms with Gasteiger partial charge in [-0.3, -0.25) is 0 Å². The number of alkyl carbamates (subject to hydrolysis) is 1. The quantitative estimate of drug-likeness (QED) is 0.737. The molecule has 1 aromatic carbocycles. The van der Waals surface area contributed by atoms with Gasteiger partial charge in [0.25, 0.3) is 0 Å². The standard InChI is InChI=1S/C20H30N2O5/c1-20(2,3)27-18(23)21-11-7-13-25-17-10-12-22(14-17)19(24)26-15-16-8-5-4-6-9-16/h4-6,8-9,17H,7,10-15H2,1-3H3,(H,21,23)/t17-/m1/s1. The van der Waals surface area contributed by atoms with E-state index in [0.717, 1.165) is 12.0 Å². The van der Waals surface area contributed by atoms with E-state index in [1.54, 1.807) is 4.90 Å². The van der Waals surface area contributed by atoms with Crippen LogP contribution in [-0.2, 0) is 20.8 Å². The highest BCUT2D eigenvalue weighted by Gasteiger charge is 2.27. The summed E-state index contributed by atoms with van der Waals surface area (Å²) >= 11 is 0. The lowest BCUT2D eigenvalue weighted by Gasteiger charge is -2.19. The largest absolute Gasteiger partial charge is 0.445 e. The molecule has 1 atom stereocenters. The Hall–Kier alpha value is -2.28. The number of ether oxygens (including phenoxy) is 3. The molecule has 0 aliphatic carbocycles. The maximum absolute atomic E-state index is 12.1. The Morgan fingerprint density at radius 1 is 1.22 bits per heavy atom. The topological polar surface area (TPSA) is 77.1 Å². The van der Waals surface area contributed by atoms with Gasteiger partial charge in [0.1, 0.15) is 12.2 Å². The first-order valence-corrected chi connectivity index (χ1v) is 9.37. The molecule has 150 valence electrons. The first-order valence-electron chi connectivity index (χ1n) is 9.37. The summed E-state index contributed by atoms with van der Waals surface area (Å²) in [4.78, 5) is 25.3. The van der Waals surface area contributed by atoms with Crippen LogP contribution in [0, 0.1) is 0 Å². The van der Waals surface area contributed by atoms with E-state index in [1.807, 2.05) is 51.1 Å². The summed E-state index contributed by atoms with van der Waals surface area (Å²) in [7, 11) is 0. The molecule has 1 fully saturated rings. The van der Waals surface area contributed by atoms with Crippen LogP contribution in [0.3, 0.4) is 0 Å². The number of carbonyl (C=O) groups is 2. The molecule has 27 heavy (non-hydrogen) atoms. The lowest BCUT2D eigenvalue weighted by molar-refractivity contribution is 0.0457. The van der Waals surface area contributed by atoms with Gasteiger partial charge in [0, 0.05) is 19.7 Å². The van der Waals surface area contributed by atoms with E-state index in [-0.39, 0.29) is 18.8 Å². The zero-order chi connectivity index (χ0) is 19.7. The van der Waals surface area contributed by atoms with Crippen LogP contribution in [0.5, 0.6) is 0 Å². The lowest BCUT2D eigenvalue weighted by atomic mass is 10.2. The smallest absolute Gasteiger partial charge is 0.410 e. The number of hydrogen-bond acceptors (Lipinski definition) is 5. The summed E-state index contributed by atoms with van der Waals surface area (Å²) < 4.78 is 16.3. The third kappa shape index (κ3) is 8.30. The fourth-order valence-corrected chi connectivity index (χ4v) is 2.67. The molecule has 1 aliphatic rings. The van der Waals surface area contributed by atoms with Gasteiger partial charge in [0.15, 0.2) is 0 Å². The van der Waals surface area contributed by atoms with Crippen molar-refractivity contribution < 1.29 is 23.8 Å². The highest BCUT2D eigenvalue weighted by Crippen LogP contribution is 2.15. The fourth-order valence-electron chi connectivity index (χ4n) is 2.67. The summed E-state index contributed by atoms with van der Waals surface area (Å²) in [6, 6.07) is 9.61. The maximum Gasteiger partial charge on any atom is 0.410 e. The minimum atomic E-state index is -0.497. The molecule has 0 spiro atoms. The third-order valence-corrected chi connectivity index (χ3v) is 3.95. The van der Waals surface area contributed by atoms with Crippen molar-refractivity contribution in [2.75, 3.05) is 26.2 Å². The Labute approximate surface area is 161 Å². The van der Waals surface area contributed by atoms with Crippen LogP contribution in [0.1, 0.15) is 39.2 Å². The Bertz CT molecular complexity index is 600. The molecule has 0 radical (unpaired) electrons. The highest BCUT2D eigenvalue weighted by molar-refractivity contribution is 5.68. The van der Waals surface area contributed by atoms with E-state index in [4.69, 9.17) is 14.2 Å². The van der Waals surface area contributed by atoms with Crippen molar-refractivity contribution in [3.8, 4) is 0 Å². The van der Waals surface area contributed by atoms with Crippen molar-refractivity contribution in [1.82, 2.24) is 10.2 Å². The van der Waals surface area contributed by atoms with Gasteiger partial charge in [-0.1, -0.05) is 30.3 Å². The lowest BCUT2D eigenvalue weighted by Crippen LogP contribution is -2.33. The van der Waals surface area contributed by atoms with Gasteiger partial charge in [-0.15, -0.1) is 0 Å². The minimum absolute atomic E-state index is 0.0100. The van der Waals surface area contributed by atoms with Crippen molar-refractivity contribution in [2.45, 2.75) is 51.9 Å². The predicted octanol–water partition coefficient (Wildman–Crippen LogP) is 3.33. The molecule has 0 saturated carbocycles. The normalized spacial score (nSPS) is 16.9. The maximum atomic E-state index is 12.1. The van der Waals surface area contributed by atoms with Crippen LogP contribution in [0.4, 0.5) is 9.59 Å². The van der Waals surface area contributed by atoms with Crippen molar-refractivity contribution in [3.05, 3.63) is 35.9 Å². The average molecular weight is 378 g/mol. The van der Waals surface area contributed by atoms with Gasteiger partial charge in [0.2, 0.25) is 0 Å². The van der Waals surface area contributed by atoms with Crippen LogP contribution < -0.4 is 5.32 Å². The second kappa shape index (κ2) is 10.2. The van der Waals surface area contributed by atoms with Gasteiger partial charge < -0.3 is 24.4 Å². The van der Waals surface area contributed by atoms with E-state index in [2.05, 4.69) is 5.32 Å². The van der Waals surface area contributed by atoms with Gasteiger partial charge in [0.05, 0.1) is 12.6 Å². The number of nitrogens with zero attached hydrogens (tertiary/aromatic N) is 1. The Morgan fingerprint density at radius 2 is 1.96 bits per heavy atom. The van der Waals surface area contributed by atoms with Crippen molar-refractivity contribution >= 4 is 12.2 Å². The number of rotatable bonds is 7. The van der Waals surface area contributed by atoms with Gasteiger partial charge in [-0.25, -0.2) is 9.59 Å². The summed E-state index contributed by atoms with van der Waals surface area (Å²) in [6.45, 7) is 7.93. The summed E-state index contributed by atoms with van der Waals surface area (Å²) in [5, 5.41) is 2.70.